The average molecular weight is 950 g/mol. The maximum absolute atomic E-state index is 11.7. The zero-order chi connectivity index (χ0) is 35.6. The maximum atomic E-state index is 11.7. The van der Waals surface area contributed by atoms with Crippen LogP contribution in [0.2, 0.25) is 17.3 Å². The summed E-state index contributed by atoms with van der Waals surface area (Å²) in [6, 6.07) is 21.1. The van der Waals surface area contributed by atoms with Gasteiger partial charge in [0.2, 0.25) is 0 Å². The van der Waals surface area contributed by atoms with E-state index >= 15 is 0 Å². The average Bonchev–Trinajstić information content (AvgIpc) is 3.40. The number of carbonyl (C=O) groups is 1. The van der Waals surface area contributed by atoms with Crippen molar-refractivity contribution < 1.29 is 31.4 Å². The number of allylic oxidation sites excluding steroid dienone is 2. The molecule has 0 aliphatic heterocycles. The van der Waals surface area contributed by atoms with Gasteiger partial charge in [-0.05, 0) is 25.7 Å². The van der Waals surface area contributed by atoms with Crippen LogP contribution in [0.1, 0.15) is 86.6 Å². The summed E-state index contributed by atoms with van der Waals surface area (Å²) in [5, 5.41) is 14.6. The predicted octanol–water partition coefficient (Wildman–Crippen LogP) is 11.1. The molecule has 1 N–H and O–H groups in total. The van der Waals surface area contributed by atoms with Crippen LogP contribution in [0.3, 0.4) is 0 Å². The molecule has 3 nitrogen and oxygen atoms in total. The molecule has 0 saturated carbocycles. The summed E-state index contributed by atoms with van der Waals surface area (Å²) in [5.41, 5.74) is 4.75. The van der Waals surface area contributed by atoms with Crippen molar-refractivity contribution in [2.24, 2.45) is 11.8 Å². The summed E-state index contributed by atoms with van der Waals surface area (Å²) in [4.78, 5) is 16.5. The van der Waals surface area contributed by atoms with Crippen molar-refractivity contribution in [3.8, 4) is 11.3 Å². The number of aliphatic hydroxyl groups excluding tert-OH is 1. The predicted molar refractivity (Wildman–Crippen MR) is 208 cm³/mol. The van der Waals surface area contributed by atoms with E-state index in [4.69, 9.17) is 6.35 Å². The van der Waals surface area contributed by atoms with Gasteiger partial charge < -0.3 is 5.11 Å². The number of hydrogen-bond acceptors (Lipinski definition) is 3. The normalized spacial score (nSPS) is 12.8. The number of benzene rings is 3. The van der Waals surface area contributed by atoms with Crippen LogP contribution >= 0.6 is 0 Å². The van der Waals surface area contributed by atoms with Crippen LogP contribution in [0.5, 0.6) is 0 Å². The minimum absolute atomic E-state index is 0. The monoisotopic (exact) mass is 952 g/mol. The van der Waals surface area contributed by atoms with E-state index in [9.17, 15) is 9.90 Å². The molecule has 48 heavy (non-hydrogen) atoms. The number of rotatable bonds is 9. The van der Waals surface area contributed by atoms with E-state index in [1.807, 2.05) is 33.8 Å². The minimum atomic E-state index is -1.96. The molecule has 6 heteroatoms. The second kappa shape index (κ2) is 16.8. The van der Waals surface area contributed by atoms with Crippen molar-refractivity contribution in [2.75, 3.05) is 0 Å². The van der Waals surface area contributed by atoms with Crippen LogP contribution in [0.25, 0.3) is 41.3 Å². The van der Waals surface area contributed by atoms with Crippen LogP contribution in [0, 0.1) is 24.8 Å². The Morgan fingerprint density at radius 2 is 1.54 bits per heavy atom. The number of hydrogen-bond donors (Lipinski definition) is 1. The first-order valence-electron chi connectivity index (χ1n) is 17.8. The van der Waals surface area contributed by atoms with Gasteiger partial charge in [0.05, 0.1) is 5.76 Å². The first-order valence-corrected chi connectivity index (χ1v) is 26.3. The van der Waals surface area contributed by atoms with E-state index in [0.717, 1.165) is 42.3 Å². The number of carbonyl (C=O) groups excluding carboxylic acids is 1. The Bertz CT molecular complexity index is 1960. The Kier molecular flexibility index (Phi) is 13.6. The molecular weight excluding hydrogens is 894 g/mol. The van der Waals surface area contributed by atoms with Gasteiger partial charge in [0, 0.05) is 38.0 Å². The van der Waals surface area contributed by atoms with Crippen LogP contribution in [0.15, 0.2) is 66.5 Å². The molecule has 0 aliphatic carbocycles. The molecule has 0 atom stereocenters. The third-order valence-electron chi connectivity index (χ3n) is 9.47. The number of aliphatic hydroxyl groups is 1. The van der Waals surface area contributed by atoms with Gasteiger partial charge in [-0.3, -0.25) is 4.79 Å². The van der Waals surface area contributed by atoms with E-state index in [0.29, 0.717) is 6.17 Å². The summed E-state index contributed by atoms with van der Waals surface area (Å²) >= 11 is -1.78. The number of fused-ring (bicyclic) bond motifs is 4. The van der Waals surface area contributed by atoms with E-state index in [2.05, 4.69) is 93.5 Å². The zero-order valence-corrected chi connectivity index (χ0v) is 36.9. The second-order valence-electron chi connectivity index (χ2n) is 14.8. The first kappa shape index (κ1) is 38.8. The zero-order valence-electron chi connectivity index (χ0n) is 31.7. The quantitative estimate of drug-likeness (QED) is 0.0693. The molecule has 2 heterocycles. The van der Waals surface area contributed by atoms with Gasteiger partial charge in [-0.25, -0.2) is 0 Å². The first-order chi connectivity index (χ1) is 22.5. The molecular formula is C42H54GeIrNO2Se-. The molecule has 1 radical (unpaired) electrons. The van der Waals surface area contributed by atoms with Gasteiger partial charge in [-0.2, -0.15) is 0 Å². The van der Waals surface area contributed by atoms with Crippen molar-refractivity contribution in [3.05, 3.63) is 83.7 Å². The van der Waals surface area contributed by atoms with Crippen LogP contribution in [0.4, 0.5) is 0 Å². The van der Waals surface area contributed by atoms with Crippen LogP contribution < -0.4 is 4.40 Å². The van der Waals surface area contributed by atoms with Crippen molar-refractivity contribution >= 4 is 68.0 Å². The molecule has 0 saturated heterocycles. The van der Waals surface area contributed by atoms with Crippen LogP contribution in [-0.4, -0.2) is 43.6 Å². The van der Waals surface area contributed by atoms with Crippen molar-refractivity contribution in [1.82, 2.24) is 4.98 Å². The van der Waals surface area contributed by atoms with E-state index in [-0.39, 0.29) is 63.4 Å². The van der Waals surface area contributed by atoms with Gasteiger partial charge in [-0.15, -0.1) is 0 Å². The third-order valence-corrected chi connectivity index (χ3v) is 16.8. The molecule has 0 unspecified atom stereocenters. The fraction of sp³-hybridized carbons (Fsp3) is 0.429. The Labute approximate surface area is 312 Å². The molecule has 0 aliphatic rings. The third kappa shape index (κ3) is 8.82. The van der Waals surface area contributed by atoms with Gasteiger partial charge in [-0.1, -0.05) is 27.7 Å². The van der Waals surface area contributed by atoms with Gasteiger partial charge in [0.15, 0.2) is 5.78 Å². The summed E-state index contributed by atoms with van der Waals surface area (Å²) in [6.07, 6.45) is 5.24. The van der Waals surface area contributed by atoms with E-state index in [1.54, 1.807) is 4.40 Å². The number of aryl methyl sites for hydroxylation is 1. The largest absolute Gasteiger partial charge is 0 e. The topological polar surface area (TPSA) is 50.2 Å². The fourth-order valence-corrected chi connectivity index (χ4v) is 13.6. The van der Waals surface area contributed by atoms with Crippen molar-refractivity contribution in [3.63, 3.8) is 0 Å². The molecule has 2 aromatic heterocycles. The van der Waals surface area contributed by atoms with E-state index in [1.165, 1.54) is 41.9 Å². The second-order valence-corrected chi connectivity index (χ2v) is 27.5. The minimum Gasteiger partial charge on any atom is 0 e. The van der Waals surface area contributed by atoms with Gasteiger partial charge in [0.1, 0.15) is 0 Å². The number of nitrogens with zero attached hydrogens (tertiary/aromatic N) is 1. The van der Waals surface area contributed by atoms with Gasteiger partial charge >= 0.3 is 202 Å². The maximum Gasteiger partial charge on any atom is 0 e. The Hall–Kier alpha value is -2.01. The summed E-state index contributed by atoms with van der Waals surface area (Å²) < 4.78 is 12.9. The summed E-state index contributed by atoms with van der Waals surface area (Å²) in [5.74, 6) is 7.95. The fourth-order valence-electron chi connectivity index (χ4n) is 6.60. The van der Waals surface area contributed by atoms with E-state index < -0.39 is 13.3 Å². The molecule has 5 rings (SSSR count). The molecule has 0 spiro atoms. The smallest absolute Gasteiger partial charge is 0 e. The van der Waals surface area contributed by atoms with Crippen molar-refractivity contribution in [2.45, 2.75) is 104 Å². The standard InChI is InChI=1S/C29H30GeNSe.C13H24O2.Ir/c1-18-25(30(5,6)7)13-12-22-23-14-15-31-26(28(23)32-27(18)22)20-16-19-10-8-9-11-21(19)24(17-20)29(2,3)4;1-5-10(6-2)12(14)9-13(15)11(7-3)8-4;/h8-15,17H,1-7H3;9-11,14H,5-8H2,1-4H3;/q-1;;/b;12-9-;/i15D;;. The molecule has 0 amide bonds. The number of pyridine rings is 1. The molecule has 259 valence electrons. The summed E-state index contributed by atoms with van der Waals surface area (Å²) in [7, 11) is 0. The van der Waals surface area contributed by atoms with Gasteiger partial charge in [0.25, 0.3) is 0 Å². The molecule has 0 fully saturated rings. The SMILES string of the molecule is CCC(CC)C(=O)/C=C(\O)C(CC)CC.[2H]c1cc2c([se]c3c(C)[c]([Ge]([CH3])([CH3])[CH3])ccc32)c(-c2[c-]c3ccccc3c(C(C)(C)C)c2)n1.[Ir]. The van der Waals surface area contributed by atoms with Crippen molar-refractivity contribution in [1.29, 1.82) is 0 Å². The molecule has 0 bridgehead atoms. The Balaban J connectivity index is 0.000000347. The summed E-state index contributed by atoms with van der Waals surface area (Å²) in [6.45, 7) is 17.2. The Morgan fingerprint density at radius 1 is 0.938 bits per heavy atom. The number of aromatic nitrogens is 1. The number of ketones is 1. The van der Waals surface area contributed by atoms with Crippen LogP contribution in [-0.2, 0) is 30.3 Å². The Morgan fingerprint density at radius 3 is 2.12 bits per heavy atom. The molecule has 3 aromatic carbocycles. The molecule has 5 aromatic rings.